The molecule has 0 radical (unpaired) electrons. The van der Waals surface area contributed by atoms with E-state index in [4.69, 9.17) is 9.47 Å². The van der Waals surface area contributed by atoms with Gasteiger partial charge in [0.2, 0.25) is 0 Å². The van der Waals surface area contributed by atoms with Gasteiger partial charge in [-0.1, -0.05) is 17.7 Å². The van der Waals surface area contributed by atoms with Crippen LogP contribution in [-0.2, 0) is 9.47 Å². The average molecular weight is 400 g/mol. The molecule has 1 aromatic carbocycles. The number of methoxy groups -OCH3 is 2. The Morgan fingerprint density at radius 3 is 2.24 bits per heavy atom. The van der Waals surface area contributed by atoms with E-state index in [1.54, 1.807) is 40.0 Å². The van der Waals surface area contributed by atoms with Crippen molar-refractivity contribution in [2.24, 2.45) is 0 Å². The molecule has 1 N–H and O–H groups in total. The van der Waals surface area contributed by atoms with E-state index >= 15 is 0 Å². The minimum absolute atomic E-state index is 0.244. The molecule has 2 aromatic rings. The summed E-state index contributed by atoms with van der Waals surface area (Å²) in [5.74, 6) is -1.03. The number of hydrogen-bond donors (Lipinski definition) is 1. The lowest BCUT2D eigenvalue weighted by molar-refractivity contribution is 0.0563. The summed E-state index contributed by atoms with van der Waals surface area (Å²) in [6.45, 7) is 7.61. The molecule has 0 aliphatic carbocycles. The van der Waals surface area contributed by atoms with Crippen LogP contribution in [0.25, 0.3) is 0 Å². The number of aromatic amines is 1. The number of ketones is 1. The second kappa shape index (κ2) is 9.52. The Bertz CT molecular complexity index is 899. The van der Waals surface area contributed by atoms with Crippen LogP contribution in [0.15, 0.2) is 24.3 Å². The molecule has 7 heteroatoms. The van der Waals surface area contributed by atoms with Gasteiger partial charge in [-0.25, -0.2) is 4.79 Å². The van der Waals surface area contributed by atoms with Gasteiger partial charge in [-0.15, -0.1) is 0 Å². The van der Waals surface area contributed by atoms with Crippen LogP contribution in [0.3, 0.4) is 0 Å². The van der Waals surface area contributed by atoms with Gasteiger partial charge in [0.15, 0.2) is 5.78 Å². The predicted molar refractivity (Wildman–Crippen MR) is 109 cm³/mol. The number of carbonyl (C=O) groups excluding carboxylic acids is 3. The quantitative estimate of drug-likeness (QED) is 0.543. The molecule has 29 heavy (non-hydrogen) atoms. The summed E-state index contributed by atoms with van der Waals surface area (Å²) in [6, 6.07) is 6.47. The Kier molecular flexibility index (Phi) is 7.34. The van der Waals surface area contributed by atoms with E-state index in [0.29, 0.717) is 29.0 Å². The van der Waals surface area contributed by atoms with Crippen molar-refractivity contribution < 1.29 is 23.9 Å². The molecule has 0 unspecified atom stereocenters. The number of Topliss-reactive ketones (excluding diaryl/α,β-unsaturated/α-hetero) is 1. The van der Waals surface area contributed by atoms with Crippen molar-refractivity contribution in [1.29, 1.82) is 0 Å². The smallest absolute Gasteiger partial charge is 0.354 e. The molecule has 1 aromatic heterocycles. The molecule has 156 valence electrons. The minimum Gasteiger partial charge on any atom is -0.464 e. The predicted octanol–water partition coefficient (Wildman–Crippen LogP) is 3.09. The molecule has 1 heterocycles. The highest BCUT2D eigenvalue weighted by Gasteiger charge is 2.31. The van der Waals surface area contributed by atoms with Crippen molar-refractivity contribution in [3.63, 3.8) is 0 Å². The molecule has 0 aliphatic rings. The Morgan fingerprint density at radius 2 is 1.69 bits per heavy atom. The summed E-state index contributed by atoms with van der Waals surface area (Å²) >= 11 is 0. The molecule has 1 atom stereocenters. The molecule has 0 fully saturated rings. The van der Waals surface area contributed by atoms with Gasteiger partial charge in [-0.3, -0.25) is 9.59 Å². The normalized spacial score (nSPS) is 11.8. The number of ether oxygens (including phenoxy) is 2. The van der Waals surface area contributed by atoms with Crippen molar-refractivity contribution in [2.45, 2.75) is 33.7 Å². The van der Waals surface area contributed by atoms with Crippen LogP contribution in [0.5, 0.6) is 0 Å². The van der Waals surface area contributed by atoms with Crippen molar-refractivity contribution in [2.75, 3.05) is 27.4 Å². The highest BCUT2D eigenvalue weighted by molar-refractivity contribution is 6.07. The zero-order chi connectivity index (χ0) is 21.7. The van der Waals surface area contributed by atoms with E-state index in [9.17, 15) is 14.4 Å². The van der Waals surface area contributed by atoms with Crippen molar-refractivity contribution in [3.05, 3.63) is 57.9 Å². The fourth-order valence-corrected chi connectivity index (χ4v) is 3.30. The number of nitrogens with one attached hydrogen (secondary N) is 1. The second-order valence-corrected chi connectivity index (χ2v) is 7.01. The maximum atomic E-state index is 13.3. The molecule has 1 amide bonds. The third-order valence-electron chi connectivity index (χ3n) is 5.02. The van der Waals surface area contributed by atoms with E-state index in [0.717, 1.165) is 5.56 Å². The van der Waals surface area contributed by atoms with Crippen molar-refractivity contribution in [3.8, 4) is 0 Å². The van der Waals surface area contributed by atoms with Crippen LogP contribution in [0.1, 0.15) is 54.9 Å². The average Bonchev–Trinajstić information content (AvgIpc) is 3.01. The van der Waals surface area contributed by atoms with Gasteiger partial charge in [-0.2, -0.15) is 0 Å². The number of carbonyl (C=O) groups is 3. The van der Waals surface area contributed by atoms with E-state index in [2.05, 4.69) is 4.98 Å². The fraction of sp³-hybridized carbons (Fsp3) is 0.409. The highest BCUT2D eigenvalue weighted by atomic mass is 16.5. The largest absolute Gasteiger partial charge is 0.464 e. The van der Waals surface area contributed by atoms with E-state index < -0.39 is 12.0 Å². The molecule has 0 spiro atoms. The summed E-state index contributed by atoms with van der Waals surface area (Å²) in [4.78, 5) is 42.8. The fourth-order valence-electron chi connectivity index (χ4n) is 3.30. The third-order valence-corrected chi connectivity index (χ3v) is 5.02. The van der Waals surface area contributed by atoms with Gasteiger partial charge in [0, 0.05) is 30.5 Å². The number of aromatic nitrogens is 1. The Morgan fingerprint density at radius 1 is 1.07 bits per heavy atom. The number of esters is 1. The number of nitrogens with zero attached hydrogens (tertiary/aromatic N) is 1. The maximum Gasteiger partial charge on any atom is 0.354 e. The zero-order valence-corrected chi connectivity index (χ0v) is 17.8. The van der Waals surface area contributed by atoms with Gasteiger partial charge in [0.05, 0.1) is 19.8 Å². The molecule has 2 rings (SSSR count). The molecular formula is C22H28N2O5. The molecule has 0 bridgehead atoms. The molecule has 0 aliphatic heterocycles. The third kappa shape index (κ3) is 4.74. The molecule has 7 nitrogen and oxygen atoms in total. The summed E-state index contributed by atoms with van der Waals surface area (Å²) in [5.41, 5.74) is 3.27. The molecule has 0 saturated heterocycles. The summed E-state index contributed by atoms with van der Waals surface area (Å²) < 4.78 is 9.91. The Labute approximate surface area is 171 Å². The number of benzene rings is 1. The van der Waals surface area contributed by atoms with Gasteiger partial charge >= 0.3 is 5.97 Å². The van der Waals surface area contributed by atoms with Gasteiger partial charge < -0.3 is 19.4 Å². The van der Waals surface area contributed by atoms with Gasteiger partial charge in [0.25, 0.3) is 5.91 Å². The monoisotopic (exact) mass is 400 g/mol. The van der Waals surface area contributed by atoms with Crippen LogP contribution < -0.4 is 0 Å². The van der Waals surface area contributed by atoms with E-state index in [-0.39, 0.29) is 23.9 Å². The number of rotatable bonds is 8. The topological polar surface area (TPSA) is 88.7 Å². The SMILES string of the molecule is COCCN(C(=O)c1ccc(C)cc1)[C@@H](C)C(=O)c1c(C)[nH]c(C(=O)OC)c1C. The maximum absolute atomic E-state index is 13.3. The highest BCUT2D eigenvalue weighted by Crippen LogP contribution is 2.22. The van der Waals surface area contributed by atoms with Crippen LogP contribution in [0.2, 0.25) is 0 Å². The van der Waals surface area contributed by atoms with Gasteiger partial charge in [0.1, 0.15) is 5.69 Å². The first-order chi connectivity index (χ1) is 13.7. The van der Waals surface area contributed by atoms with Crippen LogP contribution in [-0.4, -0.2) is 61.0 Å². The summed E-state index contributed by atoms with van der Waals surface area (Å²) in [6.07, 6.45) is 0. The lowest BCUT2D eigenvalue weighted by atomic mass is 9.99. The molecule has 0 saturated carbocycles. The Balaban J connectivity index is 2.38. The van der Waals surface area contributed by atoms with Crippen molar-refractivity contribution >= 4 is 17.7 Å². The Hall–Kier alpha value is -2.93. The first-order valence-electron chi connectivity index (χ1n) is 9.41. The van der Waals surface area contributed by atoms with Crippen molar-refractivity contribution in [1.82, 2.24) is 9.88 Å². The van der Waals surface area contributed by atoms with Gasteiger partial charge in [-0.05, 0) is 45.4 Å². The van der Waals surface area contributed by atoms with E-state index in [1.807, 2.05) is 19.1 Å². The standard InChI is InChI=1S/C22H28N2O5/c1-13-7-9-17(10-8-13)21(26)24(11-12-28-5)16(4)20(25)18-14(2)19(22(27)29-6)23-15(18)3/h7-10,16,23H,11-12H2,1-6H3/t16-/m0/s1. The van der Waals surface area contributed by atoms with E-state index in [1.165, 1.54) is 12.0 Å². The van der Waals surface area contributed by atoms with Crippen LogP contribution in [0, 0.1) is 20.8 Å². The lowest BCUT2D eigenvalue weighted by Gasteiger charge is -2.28. The molecular weight excluding hydrogens is 372 g/mol. The first kappa shape index (κ1) is 22.4. The summed E-state index contributed by atoms with van der Waals surface area (Å²) in [5, 5.41) is 0. The second-order valence-electron chi connectivity index (χ2n) is 7.01. The summed E-state index contributed by atoms with van der Waals surface area (Å²) in [7, 11) is 2.83. The number of H-pyrrole nitrogens is 1. The zero-order valence-electron chi connectivity index (χ0n) is 17.8. The minimum atomic E-state index is -0.738. The number of amides is 1. The number of hydrogen-bond acceptors (Lipinski definition) is 5. The first-order valence-corrected chi connectivity index (χ1v) is 9.41. The lowest BCUT2D eigenvalue weighted by Crippen LogP contribution is -2.45. The van der Waals surface area contributed by atoms with Crippen LogP contribution >= 0.6 is 0 Å². The van der Waals surface area contributed by atoms with Crippen LogP contribution in [0.4, 0.5) is 0 Å². The number of aryl methyl sites for hydroxylation is 2.